The summed E-state index contributed by atoms with van der Waals surface area (Å²) >= 11 is 0. The lowest BCUT2D eigenvalue weighted by Crippen LogP contribution is -2.12. The van der Waals surface area contributed by atoms with Crippen molar-refractivity contribution in [3.05, 3.63) is 120 Å². The molecule has 2 heterocycles. The Kier molecular flexibility index (Phi) is 9.05. The van der Waals surface area contributed by atoms with Crippen molar-refractivity contribution in [2.75, 3.05) is 0 Å². The van der Waals surface area contributed by atoms with Crippen LogP contribution in [0.15, 0.2) is 108 Å². The molecule has 0 aliphatic heterocycles. The number of para-hydroxylation sites is 2. The third-order valence-corrected chi connectivity index (χ3v) is 7.66. The van der Waals surface area contributed by atoms with Gasteiger partial charge in [0.1, 0.15) is 22.6 Å². The van der Waals surface area contributed by atoms with Crippen LogP contribution in [0.1, 0.15) is 44.7 Å². The fraction of sp³-hybridized carbons (Fsp3) is 0.111. The summed E-state index contributed by atoms with van der Waals surface area (Å²) in [4.78, 5) is 55.4. The topological polar surface area (TPSA) is 183 Å². The number of esters is 2. The van der Waals surface area contributed by atoms with Gasteiger partial charge in [-0.15, -0.1) is 0 Å². The number of H-pyrrole nitrogens is 2. The van der Waals surface area contributed by atoms with Gasteiger partial charge >= 0.3 is 23.9 Å². The lowest BCUT2D eigenvalue weighted by molar-refractivity contribution is -0.135. The Bertz CT molecular complexity index is 2060. The summed E-state index contributed by atoms with van der Waals surface area (Å²) in [6, 6.07) is 23.2. The number of fused-ring (bicyclic) bond motifs is 2. The summed E-state index contributed by atoms with van der Waals surface area (Å²) in [6.45, 7) is 0. The molecule has 12 heteroatoms. The minimum atomic E-state index is -1.34. The number of hydrogen-bond donors (Lipinski definition) is 4. The molecule has 4 N–H and O–H groups in total. The number of aromatic carboxylic acids is 2. The number of aryl methyl sites for hydroxylation is 2. The molecule has 6 rings (SSSR count). The molecular weight excluding hydrogens is 616 g/mol. The summed E-state index contributed by atoms with van der Waals surface area (Å²) in [5.74, 6) is -4.16. The van der Waals surface area contributed by atoms with Crippen molar-refractivity contribution < 1.29 is 38.9 Å². The van der Waals surface area contributed by atoms with Crippen LogP contribution in [0.4, 0.5) is 11.4 Å². The number of nitrogens with zero attached hydrogens (tertiary/aromatic N) is 2. The van der Waals surface area contributed by atoms with Crippen LogP contribution in [0.2, 0.25) is 0 Å². The van der Waals surface area contributed by atoms with Crippen LogP contribution in [0.25, 0.3) is 21.8 Å². The van der Waals surface area contributed by atoms with E-state index in [9.17, 15) is 29.4 Å². The second-order valence-corrected chi connectivity index (χ2v) is 10.8. The first kappa shape index (κ1) is 31.4. The number of aromatic nitrogens is 2. The first-order chi connectivity index (χ1) is 23.2. The molecule has 0 radical (unpaired) electrons. The smallest absolute Gasteiger partial charge is 0.339 e. The Hall–Kier alpha value is -6.56. The number of carbonyl (C=O) groups is 4. The van der Waals surface area contributed by atoms with E-state index in [0.717, 1.165) is 32.9 Å². The number of ether oxygens (including phenoxy) is 2. The van der Waals surface area contributed by atoms with Gasteiger partial charge in [-0.25, -0.2) is 9.59 Å². The van der Waals surface area contributed by atoms with Gasteiger partial charge < -0.3 is 29.7 Å². The molecule has 2 aromatic heterocycles. The second-order valence-electron chi connectivity index (χ2n) is 10.8. The minimum absolute atomic E-state index is 0.0314. The number of rotatable bonds is 12. The molecule has 0 aliphatic rings. The monoisotopic (exact) mass is 644 g/mol. The van der Waals surface area contributed by atoms with Crippen molar-refractivity contribution in [1.29, 1.82) is 0 Å². The van der Waals surface area contributed by atoms with Gasteiger partial charge in [0.25, 0.3) is 0 Å². The third kappa shape index (κ3) is 7.12. The fourth-order valence-corrected chi connectivity index (χ4v) is 5.29. The molecular formula is C36H28N4O8. The number of benzene rings is 4. The van der Waals surface area contributed by atoms with Crippen LogP contribution in [-0.2, 0) is 22.4 Å². The van der Waals surface area contributed by atoms with Gasteiger partial charge in [0.2, 0.25) is 0 Å². The average molecular weight is 645 g/mol. The summed E-state index contributed by atoms with van der Waals surface area (Å²) < 4.78 is 10.7. The molecule has 240 valence electrons. The summed E-state index contributed by atoms with van der Waals surface area (Å²) in [5.41, 5.74) is 3.43. The maximum absolute atomic E-state index is 12.6. The maximum atomic E-state index is 12.6. The molecule has 0 unspecified atom stereocenters. The standard InChI is InChI=1S/C36H28N4O8/c41-33(15-9-21-19-37-29-7-3-1-5-25(21)29)47-31-13-11-23(17-27(31)35(43)44)39-40-24-12-14-32(28(18-24)36(45)46)48-34(42)16-10-22-20-38-30-8-4-2-6-26(22)30/h1-8,11-14,17-20,37-38H,9-10,15-16H2,(H,43,44)(H,45,46). The normalized spacial score (nSPS) is 11.2. The highest BCUT2D eigenvalue weighted by molar-refractivity contribution is 5.94. The average Bonchev–Trinajstić information content (AvgIpc) is 3.70. The Balaban J connectivity index is 1.09. The summed E-state index contributed by atoms with van der Waals surface area (Å²) in [7, 11) is 0. The number of hydrogen-bond acceptors (Lipinski definition) is 8. The van der Waals surface area contributed by atoms with Crippen LogP contribution in [0.5, 0.6) is 11.5 Å². The molecule has 0 amide bonds. The van der Waals surface area contributed by atoms with Gasteiger partial charge in [-0.1, -0.05) is 36.4 Å². The SMILES string of the molecule is O=C(CCc1c[nH]c2ccccc12)Oc1ccc(N=Nc2ccc(OC(=O)CCc3c[nH]c4ccccc34)c(C(=O)O)c2)cc1C(=O)O. The zero-order valence-electron chi connectivity index (χ0n) is 25.3. The molecule has 0 spiro atoms. The third-order valence-electron chi connectivity index (χ3n) is 7.66. The van der Waals surface area contributed by atoms with Gasteiger partial charge in [-0.2, -0.15) is 10.2 Å². The number of aromatic amines is 2. The zero-order chi connectivity index (χ0) is 33.6. The van der Waals surface area contributed by atoms with Crippen molar-refractivity contribution in [1.82, 2.24) is 9.97 Å². The first-order valence-electron chi connectivity index (χ1n) is 14.9. The maximum Gasteiger partial charge on any atom is 0.339 e. The number of nitrogens with one attached hydrogen (secondary N) is 2. The summed E-state index contributed by atoms with van der Waals surface area (Å²) in [5, 5.41) is 29.5. The van der Waals surface area contributed by atoms with Gasteiger partial charge in [-0.05, 0) is 72.5 Å². The van der Waals surface area contributed by atoms with Crippen LogP contribution in [-0.4, -0.2) is 44.1 Å². The van der Waals surface area contributed by atoms with Gasteiger partial charge in [0.05, 0.1) is 24.2 Å². The van der Waals surface area contributed by atoms with Gasteiger partial charge in [0, 0.05) is 34.2 Å². The molecule has 6 aromatic rings. The molecule has 0 aliphatic carbocycles. The first-order valence-corrected chi connectivity index (χ1v) is 14.9. The Labute approximate surface area is 272 Å². The number of carboxylic acid groups (broad SMARTS) is 2. The predicted molar refractivity (Wildman–Crippen MR) is 175 cm³/mol. The highest BCUT2D eigenvalue weighted by Crippen LogP contribution is 2.30. The van der Waals surface area contributed by atoms with Crippen molar-refractivity contribution >= 4 is 57.1 Å². The van der Waals surface area contributed by atoms with Gasteiger partial charge in [0.15, 0.2) is 0 Å². The van der Waals surface area contributed by atoms with E-state index in [1.54, 1.807) is 0 Å². The molecule has 0 saturated heterocycles. The molecule has 0 bridgehead atoms. The van der Waals surface area contributed by atoms with Crippen LogP contribution >= 0.6 is 0 Å². The van der Waals surface area contributed by atoms with E-state index in [1.165, 1.54) is 36.4 Å². The number of carboxylic acids is 2. The van der Waals surface area contributed by atoms with Crippen LogP contribution in [0.3, 0.4) is 0 Å². The molecule has 0 atom stereocenters. The Morgan fingerprint density at radius 1 is 0.583 bits per heavy atom. The van der Waals surface area contributed by atoms with E-state index in [2.05, 4.69) is 20.2 Å². The van der Waals surface area contributed by atoms with E-state index in [4.69, 9.17) is 9.47 Å². The van der Waals surface area contributed by atoms with Crippen molar-refractivity contribution in [2.45, 2.75) is 25.7 Å². The highest BCUT2D eigenvalue weighted by atomic mass is 16.5. The van der Waals surface area contributed by atoms with Gasteiger partial charge in [-0.3, -0.25) is 9.59 Å². The van der Waals surface area contributed by atoms with E-state index < -0.39 is 23.9 Å². The largest absolute Gasteiger partial charge is 0.478 e. The van der Waals surface area contributed by atoms with Crippen molar-refractivity contribution in [3.63, 3.8) is 0 Å². The lowest BCUT2D eigenvalue weighted by atomic mass is 10.1. The van der Waals surface area contributed by atoms with Crippen molar-refractivity contribution in [2.24, 2.45) is 10.2 Å². The van der Waals surface area contributed by atoms with Crippen LogP contribution in [0, 0.1) is 0 Å². The number of carbonyl (C=O) groups excluding carboxylic acids is 2. The zero-order valence-corrected chi connectivity index (χ0v) is 25.3. The predicted octanol–water partition coefficient (Wildman–Crippen LogP) is 7.54. The number of azo groups is 1. The van der Waals surface area contributed by atoms with E-state index >= 15 is 0 Å². The van der Waals surface area contributed by atoms with Crippen molar-refractivity contribution in [3.8, 4) is 11.5 Å². The molecule has 0 fully saturated rings. The quantitative estimate of drug-likeness (QED) is 0.0598. The molecule has 48 heavy (non-hydrogen) atoms. The van der Waals surface area contributed by atoms with E-state index in [-0.39, 0.29) is 46.8 Å². The Morgan fingerprint density at radius 2 is 1.00 bits per heavy atom. The second kappa shape index (κ2) is 13.8. The highest BCUT2D eigenvalue weighted by Gasteiger charge is 2.18. The minimum Gasteiger partial charge on any atom is -0.478 e. The lowest BCUT2D eigenvalue weighted by Gasteiger charge is -2.09. The van der Waals surface area contributed by atoms with Crippen LogP contribution < -0.4 is 9.47 Å². The summed E-state index contributed by atoms with van der Waals surface area (Å²) in [6.07, 6.45) is 4.52. The molecule has 12 nitrogen and oxygen atoms in total. The van der Waals surface area contributed by atoms with E-state index in [1.807, 2.05) is 60.9 Å². The Morgan fingerprint density at radius 3 is 1.42 bits per heavy atom. The van der Waals surface area contributed by atoms with E-state index in [0.29, 0.717) is 12.8 Å². The molecule has 4 aromatic carbocycles. The fourth-order valence-electron chi connectivity index (χ4n) is 5.29. The molecule has 0 saturated carbocycles.